The first-order valence-corrected chi connectivity index (χ1v) is 6.51. The molecule has 0 spiro atoms. The van der Waals surface area contributed by atoms with Crippen molar-refractivity contribution in [1.29, 1.82) is 0 Å². The van der Waals surface area contributed by atoms with Gasteiger partial charge < -0.3 is 10.6 Å². The van der Waals surface area contributed by atoms with E-state index in [1.54, 1.807) is 10.9 Å². The summed E-state index contributed by atoms with van der Waals surface area (Å²) in [6, 6.07) is 0.00458. The number of piperidine rings is 1. The van der Waals surface area contributed by atoms with Crippen molar-refractivity contribution in [3.8, 4) is 0 Å². The average molecular weight is 287 g/mol. The first-order valence-electron chi connectivity index (χ1n) is 6.51. The Morgan fingerprint density at radius 1 is 1.63 bits per heavy atom. The van der Waals surface area contributed by atoms with Crippen molar-refractivity contribution in [2.24, 2.45) is 12.5 Å². The standard InChI is InChI=1S/C13H22N4O.ClH/c1-10(11-7-15-17(3)8-11)16-12(18)13(2)5-4-6-14-9-13;/h7-8,10,14H,4-6,9H2,1-3H3,(H,16,18);1H. The predicted octanol–water partition coefficient (Wildman–Crippen LogP) is 1.41. The van der Waals surface area contributed by atoms with Crippen LogP contribution in [0.15, 0.2) is 12.4 Å². The lowest BCUT2D eigenvalue weighted by Gasteiger charge is -2.33. The smallest absolute Gasteiger partial charge is 0.227 e. The highest BCUT2D eigenvalue weighted by Crippen LogP contribution is 2.26. The topological polar surface area (TPSA) is 59.0 Å². The molecule has 2 unspecified atom stereocenters. The highest BCUT2D eigenvalue weighted by molar-refractivity contribution is 5.85. The number of amides is 1. The summed E-state index contributed by atoms with van der Waals surface area (Å²) < 4.78 is 1.75. The van der Waals surface area contributed by atoms with Crippen molar-refractivity contribution in [2.45, 2.75) is 32.7 Å². The molecule has 2 heterocycles. The Balaban J connectivity index is 0.00000180. The van der Waals surface area contributed by atoms with E-state index in [1.807, 2.05) is 27.1 Å². The Morgan fingerprint density at radius 3 is 2.89 bits per heavy atom. The SMILES string of the molecule is CC(NC(=O)C1(C)CCCNC1)c1cnn(C)c1.Cl. The monoisotopic (exact) mass is 286 g/mol. The van der Waals surface area contributed by atoms with Gasteiger partial charge >= 0.3 is 0 Å². The molecule has 0 saturated carbocycles. The number of hydrogen-bond donors (Lipinski definition) is 2. The zero-order valence-electron chi connectivity index (χ0n) is 11.8. The van der Waals surface area contributed by atoms with Crippen LogP contribution in [0.25, 0.3) is 0 Å². The number of carbonyl (C=O) groups excluding carboxylic acids is 1. The normalized spacial score (nSPS) is 24.4. The minimum atomic E-state index is -0.283. The van der Waals surface area contributed by atoms with E-state index in [0.717, 1.165) is 31.5 Å². The van der Waals surface area contributed by atoms with Gasteiger partial charge in [-0.25, -0.2) is 0 Å². The zero-order valence-corrected chi connectivity index (χ0v) is 12.6. The number of carbonyl (C=O) groups is 1. The summed E-state index contributed by atoms with van der Waals surface area (Å²) in [5, 5.41) is 10.5. The van der Waals surface area contributed by atoms with Gasteiger partial charge in [0.25, 0.3) is 0 Å². The van der Waals surface area contributed by atoms with Gasteiger partial charge in [-0.3, -0.25) is 9.48 Å². The molecule has 1 saturated heterocycles. The van der Waals surface area contributed by atoms with Crippen LogP contribution >= 0.6 is 12.4 Å². The molecule has 1 aromatic heterocycles. The van der Waals surface area contributed by atoms with Gasteiger partial charge in [-0.2, -0.15) is 5.10 Å². The lowest BCUT2D eigenvalue weighted by molar-refractivity contribution is -0.131. The minimum Gasteiger partial charge on any atom is -0.349 e. The molecule has 0 aromatic carbocycles. The van der Waals surface area contributed by atoms with E-state index >= 15 is 0 Å². The molecule has 1 amide bonds. The molecule has 0 bridgehead atoms. The summed E-state index contributed by atoms with van der Waals surface area (Å²) in [5.41, 5.74) is 0.757. The highest BCUT2D eigenvalue weighted by atomic mass is 35.5. The molecule has 0 aliphatic carbocycles. The maximum absolute atomic E-state index is 12.3. The second-order valence-electron chi connectivity index (χ2n) is 5.48. The fourth-order valence-corrected chi connectivity index (χ4v) is 2.37. The predicted molar refractivity (Wildman–Crippen MR) is 77.2 cm³/mol. The second kappa shape index (κ2) is 6.39. The third-order valence-corrected chi connectivity index (χ3v) is 3.72. The zero-order chi connectivity index (χ0) is 13.2. The lowest BCUT2D eigenvalue weighted by atomic mass is 9.81. The van der Waals surface area contributed by atoms with Crippen LogP contribution in [0.2, 0.25) is 0 Å². The van der Waals surface area contributed by atoms with E-state index in [0.29, 0.717) is 0 Å². The maximum Gasteiger partial charge on any atom is 0.227 e. The average Bonchev–Trinajstić information content (AvgIpc) is 2.77. The number of rotatable bonds is 3. The molecule has 19 heavy (non-hydrogen) atoms. The van der Waals surface area contributed by atoms with E-state index in [9.17, 15) is 4.79 Å². The number of halogens is 1. The summed E-state index contributed by atoms with van der Waals surface area (Å²) in [5.74, 6) is 0.131. The first kappa shape index (κ1) is 16.0. The van der Waals surface area contributed by atoms with Crippen LogP contribution in [-0.2, 0) is 11.8 Å². The van der Waals surface area contributed by atoms with Crippen LogP contribution in [0.3, 0.4) is 0 Å². The molecule has 1 aromatic rings. The van der Waals surface area contributed by atoms with Crippen molar-refractivity contribution in [3.63, 3.8) is 0 Å². The maximum atomic E-state index is 12.3. The third-order valence-electron chi connectivity index (χ3n) is 3.72. The van der Waals surface area contributed by atoms with Gasteiger partial charge in [-0.1, -0.05) is 0 Å². The number of aryl methyl sites for hydroxylation is 1. The van der Waals surface area contributed by atoms with Gasteiger partial charge in [0.1, 0.15) is 0 Å². The summed E-state index contributed by atoms with van der Waals surface area (Å²) >= 11 is 0. The van der Waals surface area contributed by atoms with E-state index in [1.165, 1.54) is 0 Å². The summed E-state index contributed by atoms with van der Waals surface area (Å²) in [6.07, 6.45) is 5.75. The highest BCUT2D eigenvalue weighted by Gasteiger charge is 2.35. The molecule has 6 heteroatoms. The first-order chi connectivity index (χ1) is 8.51. The van der Waals surface area contributed by atoms with Gasteiger partial charge in [0.2, 0.25) is 5.91 Å². The fraction of sp³-hybridized carbons (Fsp3) is 0.692. The summed E-state index contributed by atoms with van der Waals surface area (Å²) in [4.78, 5) is 12.3. The Kier molecular flexibility index (Phi) is 5.38. The molecular formula is C13H23ClN4O. The Bertz CT molecular complexity index is 426. The van der Waals surface area contributed by atoms with Crippen molar-refractivity contribution >= 4 is 18.3 Å². The van der Waals surface area contributed by atoms with Crippen molar-refractivity contribution in [3.05, 3.63) is 18.0 Å². The molecule has 2 rings (SSSR count). The Labute approximate surface area is 120 Å². The summed E-state index contributed by atoms with van der Waals surface area (Å²) in [6.45, 7) is 5.80. The lowest BCUT2D eigenvalue weighted by Crippen LogP contribution is -2.49. The van der Waals surface area contributed by atoms with E-state index < -0.39 is 0 Å². The number of aromatic nitrogens is 2. The van der Waals surface area contributed by atoms with Gasteiger partial charge in [0.05, 0.1) is 17.7 Å². The van der Waals surface area contributed by atoms with E-state index in [-0.39, 0.29) is 29.8 Å². The van der Waals surface area contributed by atoms with Crippen molar-refractivity contribution in [2.75, 3.05) is 13.1 Å². The van der Waals surface area contributed by atoms with Crippen molar-refractivity contribution < 1.29 is 4.79 Å². The molecule has 0 radical (unpaired) electrons. The van der Waals surface area contributed by atoms with Crippen LogP contribution in [-0.4, -0.2) is 28.8 Å². The van der Waals surface area contributed by atoms with Gasteiger partial charge in [0, 0.05) is 25.4 Å². The number of nitrogens with one attached hydrogen (secondary N) is 2. The van der Waals surface area contributed by atoms with Crippen LogP contribution in [0.5, 0.6) is 0 Å². The number of hydrogen-bond acceptors (Lipinski definition) is 3. The Hall–Kier alpha value is -1.07. The molecule has 5 nitrogen and oxygen atoms in total. The second-order valence-corrected chi connectivity index (χ2v) is 5.48. The number of nitrogens with zero attached hydrogens (tertiary/aromatic N) is 2. The molecule has 2 N–H and O–H groups in total. The summed E-state index contributed by atoms with van der Waals surface area (Å²) in [7, 11) is 1.88. The van der Waals surface area contributed by atoms with E-state index in [2.05, 4.69) is 15.7 Å². The quantitative estimate of drug-likeness (QED) is 0.883. The molecule has 108 valence electrons. The molecule has 1 aliphatic rings. The minimum absolute atomic E-state index is 0. The largest absolute Gasteiger partial charge is 0.349 e. The molecule has 1 fully saturated rings. The van der Waals surface area contributed by atoms with Gasteiger partial charge in [-0.05, 0) is 33.2 Å². The third kappa shape index (κ3) is 3.70. The Morgan fingerprint density at radius 2 is 2.37 bits per heavy atom. The van der Waals surface area contributed by atoms with Gasteiger partial charge in [-0.15, -0.1) is 12.4 Å². The van der Waals surface area contributed by atoms with Gasteiger partial charge in [0.15, 0.2) is 0 Å². The van der Waals surface area contributed by atoms with E-state index in [4.69, 9.17) is 0 Å². The fourth-order valence-electron chi connectivity index (χ4n) is 2.37. The van der Waals surface area contributed by atoms with Crippen LogP contribution in [0, 0.1) is 5.41 Å². The van der Waals surface area contributed by atoms with Crippen molar-refractivity contribution in [1.82, 2.24) is 20.4 Å². The molecular weight excluding hydrogens is 264 g/mol. The molecule has 1 aliphatic heterocycles. The van der Waals surface area contributed by atoms with Crippen LogP contribution in [0.4, 0.5) is 0 Å². The van der Waals surface area contributed by atoms with Crippen LogP contribution in [0.1, 0.15) is 38.3 Å². The molecule has 2 atom stereocenters. The van der Waals surface area contributed by atoms with Crippen LogP contribution < -0.4 is 10.6 Å².